The summed E-state index contributed by atoms with van der Waals surface area (Å²) in [7, 11) is 3.26. The van der Waals surface area contributed by atoms with Crippen LogP contribution in [0.15, 0.2) is 42.5 Å². The van der Waals surface area contributed by atoms with Gasteiger partial charge in [0.1, 0.15) is 5.75 Å². The maximum Gasteiger partial charge on any atom is 0.126 e. The zero-order chi connectivity index (χ0) is 13.8. The highest BCUT2D eigenvalue weighted by Crippen LogP contribution is 2.33. The van der Waals surface area contributed by atoms with Crippen molar-refractivity contribution in [2.75, 3.05) is 19.2 Å². The summed E-state index contributed by atoms with van der Waals surface area (Å²) in [4.78, 5) is 0. The van der Waals surface area contributed by atoms with E-state index in [0.29, 0.717) is 0 Å². The fraction of sp³-hybridized carbons (Fsp3) is 0.200. The van der Waals surface area contributed by atoms with Crippen molar-refractivity contribution < 1.29 is 9.94 Å². The molecule has 0 bridgehead atoms. The second-order valence-corrected chi connectivity index (χ2v) is 4.80. The van der Waals surface area contributed by atoms with Crippen molar-refractivity contribution in [2.45, 2.75) is 5.33 Å². The first-order chi connectivity index (χ1) is 9.15. The molecule has 0 aromatic heterocycles. The first kappa shape index (κ1) is 13.9. The molecular formula is C15H16BrNO2. The van der Waals surface area contributed by atoms with E-state index >= 15 is 0 Å². The van der Waals surface area contributed by atoms with Crippen LogP contribution >= 0.6 is 15.9 Å². The molecule has 0 saturated carbocycles. The molecule has 0 fully saturated rings. The third-order valence-corrected chi connectivity index (χ3v) is 3.60. The number of rotatable bonds is 4. The van der Waals surface area contributed by atoms with Crippen molar-refractivity contribution in [3.05, 3.63) is 48.0 Å². The smallest absolute Gasteiger partial charge is 0.126 e. The molecule has 100 valence electrons. The summed E-state index contributed by atoms with van der Waals surface area (Å²) in [5.41, 5.74) is 3.95. The van der Waals surface area contributed by atoms with E-state index in [1.807, 2.05) is 36.4 Å². The molecule has 0 radical (unpaired) electrons. The number of hydroxylamine groups is 1. The number of anilines is 1. The van der Waals surface area contributed by atoms with Gasteiger partial charge in [-0.15, -0.1) is 0 Å². The Morgan fingerprint density at radius 2 is 2.00 bits per heavy atom. The van der Waals surface area contributed by atoms with E-state index in [1.54, 1.807) is 14.2 Å². The maximum absolute atomic E-state index is 9.52. The topological polar surface area (TPSA) is 32.7 Å². The third-order valence-electron chi connectivity index (χ3n) is 2.95. The Balaban J connectivity index is 2.53. The van der Waals surface area contributed by atoms with Crippen LogP contribution in [0.3, 0.4) is 0 Å². The molecule has 0 spiro atoms. The van der Waals surface area contributed by atoms with E-state index in [2.05, 4.69) is 22.0 Å². The molecule has 19 heavy (non-hydrogen) atoms. The largest absolute Gasteiger partial charge is 0.496 e. The van der Waals surface area contributed by atoms with Gasteiger partial charge in [-0.25, -0.2) is 0 Å². The molecule has 2 aromatic rings. The maximum atomic E-state index is 9.52. The van der Waals surface area contributed by atoms with E-state index in [1.165, 1.54) is 5.56 Å². The number of hydrogen-bond donors (Lipinski definition) is 1. The van der Waals surface area contributed by atoms with Gasteiger partial charge in [0.25, 0.3) is 0 Å². The Morgan fingerprint density at radius 3 is 2.63 bits per heavy atom. The number of alkyl halides is 1. The normalized spacial score (nSPS) is 10.3. The van der Waals surface area contributed by atoms with Gasteiger partial charge in [-0.2, -0.15) is 0 Å². The van der Waals surface area contributed by atoms with Gasteiger partial charge in [0.2, 0.25) is 0 Å². The quantitative estimate of drug-likeness (QED) is 0.680. The standard InChI is InChI=1S/C15H16BrNO2/c1-17(18)13-5-3-4-12(9-13)14-8-11(10-16)6-7-15(14)19-2/h3-9,18H,10H2,1-2H3. The van der Waals surface area contributed by atoms with E-state index < -0.39 is 0 Å². The lowest BCUT2D eigenvalue weighted by Gasteiger charge is -2.14. The Bertz CT molecular complexity index is 570. The monoisotopic (exact) mass is 321 g/mol. The number of halogens is 1. The molecule has 0 heterocycles. The molecule has 0 amide bonds. The van der Waals surface area contributed by atoms with Gasteiger partial charge in [0.05, 0.1) is 12.8 Å². The summed E-state index contributed by atoms with van der Waals surface area (Å²) in [5, 5.41) is 11.4. The number of benzene rings is 2. The van der Waals surface area contributed by atoms with Crippen LogP contribution < -0.4 is 9.80 Å². The predicted octanol–water partition coefficient (Wildman–Crippen LogP) is 4.08. The minimum absolute atomic E-state index is 0.740. The number of ether oxygens (including phenoxy) is 1. The van der Waals surface area contributed by atoms with Crippen LogP contribution in [0, 0.1) is 0 Å². The summed E-state index contributed by atoms with van der Waals surface area (Å²) in [5.74, 6) is 0.822. The molecule has 4 heteroatoms. The summed E-state index contributed by atoms with van der Waals surface area (Å²) in [6, 6.07) is 13.8. The SMILES string of the molecule is COc1ccc(CBr)cc1-c1cccc(N(C)O)c1. The molecular weight excluding hydrogens is 306 g/mol. The number of nitrogens with zero attached hydrogens (tertiary/aromatic N) is 1. The van der Waals surface area contributed by atoms with Crippen LogP contribution in [-0.4, -0.2) is 19.4 Å². The van der Waals surface area contributed by atoms with Crippen LogP contribution in [0.25, 0.3) is 11.1 Å². The fourth-order valence-electron chi connectivity index (χ4n) is 1.94. The predicted molar refractivity (Wildman–Crippen MR) is 81.3 cm³/mol. The van der Waals surface area contributed by atoms with Crippen LogP contribution in [0.2, 0.25) is 0 Å². The Morgan fingerprint density at radius 1 is 1.21 bits per heavy atom. The molecule has 0 saturated heterocycles. The molecule has 2 aromatic carbocycles. The molecule has 3 nitrogen and oxygen atoms in total. The first-order valence-electron chi connectivity index (χ1n) is 5.91. The van der Waals surface area contributed by atoms with Crippen molar-refractivity contribution >= 4 is 21.6 Å². The van der Waals surface area contributed by atoms with E-state index in [9.17, 15) is 5.21 Å². The van der Waals surface area contributed by atoms with Crippen LogP contribution in [0.5, 0.6) is 5.75 Å². The van der Waals surface area contributed by atoms with Crippen LogP contribution in [-0.2, 0) is 5.33 Å². The molecule has 2 rings (SSSR count). The second kappa shape index (κ2) is 6.08. The molecule has 1 N–H and O–H groups in total. The lowest BCUT2D eigenvalue weighted by atomic mass is 10.0. The summed E-state index contributed by atoms with van der Waals surface area (Å²) < 4.78 is 5.41. The van der Waals surface area contributed by atoms with Gasteiger partial charge in [-0.3, -0.25) is 10.3 Å². The number of hydrogen-bond acceptors (Lipinski definition) is 3. The lowest BCUT2D eigenvalue weighted by molar-refractivity contribution is 0.279. The zero-order valence-corrected chi connectivity index (χ0v) is 12.5. The Kier molecular flexibility index (Phi) is 4.45. The van der Waals surface area contributed by atoms with Crippen LogP contribution in [0.4, 0.5) is 5.69 Å². The van der Waals surface area contributed by atoms with Crippen LogP contribution in [0.1, 0.15) is 5.56 Å². The number of methoxy groups -OCH3 is 1. The Hall–Kier alpha value is -1.52. The fourth-order valence-corrected chi connectivity index (χ4v) is 2.29. The van der Waals surface area contributed by atoms with Gasteiger partial charge in [0, 0.05) is 17.9 Å². The molecule has 0 aliphatic rings. The lowest BCUT2D eigenvalue weighted by Crippen LogP contribution is -2.09. The first-order valence-corrected chi connectivity index (χ1v) is 7.03. The van der Waals surface area contributed by atoms with E-state index in [4.69, 9.17) is 4.74 Å². The minimum Gasteiger partial charge on any atom is -0.496 e. The van der Waals surface area contributed by atoms with Gasteiger partial charge >= 0.3 is 0 Å². The molecule has 0 aliphatic heterocycles. The van der Waals surface area contributed by atoms with Gasteiger partial charge in [-0.05, 0) is 35.4 Å². The average Bonchev–Trinajstić information content (AvgIpc) is 2.46. The minimum atomic E-state index is 0.740. The van der Waals surface area contributed by atoms with E-state index in [-0.39, 0.29) is 0 Å². The highest BCUT2D eigenvalue weighted by atomic mass is 79.9. The molecule has 0 unspecified atom stereocenters. The van der Waals surface area contributed by atoms with Gasteiger partial charge in [-0.1, -0.05) is 34.1 Å². The highest BCUT2D eigenvalue weighted by molar-refractivity contribution is 9.08. The van der Waals surface area contributed by atoms with Crippen molar-refractivity contribution in [2.24, 2.45) is 0 Å². The third kappa shape index (κ3) is 3.08. The Labute approximate surface area is 121 Å². The van der Waals surface area contributed by atoms with Crippen molar-refractivity contribution in [3.63, 3.8) is 0 Å². The van der Waals surface area contributed by atoms with Crippen molar-refractivity contribution in [3.8, 4) is 16.9 Å². The van der Waals surface area contributed by atoms with Crippen molar-refractivity contribution in [1.29, 1.82) is 0 Å². The highest BCUT2D eigenvalue weighted by Gasteiger charge is 2.08. The second-order valence-electron chi connectivity index (χ2n) is 4.24. The molecule has 0 aliphatic carbocycles. The zero-order valence-electron chi connectivity index (χ0n) is 10.9. The van der Waals surface area contributed by atoms with Gasteiger partial charge in [0.15, 0.2) is 0 Å². The van der Waals surface area contributed by atoms with Gasteiger partial charge < -0.3 is 4.74 Å². The summed E-state index contributed by atoms with van der Waals surface area (Å²) in [6.07, 6.45) is 0. The van der Waals surface area contributed by atoms with Crippen molar-refractivity contribution in [1.82, 2.24) is 0 Å². The summed E-state index contributed by atoms with van der Waals surface area (Å²) in [6.45, 7) is 0. The summed E-state index contributed by atoms with van der Waals surface area (Å²) >= 11 is 3.46. The molecule has 0 atom stereocenters. The van der Waals surface area contributed by atoms with E-state index in [0.717, 1.165) is 33.0 Å². The average molecular weight is 322 g/mol.